The molecule has 0 spiro atoms. The van der Waals surface area contributed by atoms with Gasteiger partial charge in [0.25, 0.3) is 0 Å². The van der Waals surface area contributed by atoms with Crippen molar-refractivity contribution >= 4 is 48.2 Å². The van der Waals surface area contributed by atoms with Crippen LogP contribution < -0.4 is 0 Å². The van der Waals surface area contributed by atoms with Crippen molar-refractivity contribution in [1.82, 2.24) is 0 Å². The number of halogens is 3. The summed E-state index contributed by atoms with van der Waals surface area (Å²) in [6, 6.07) is 0. The molecule has 0 rings (SSSR count). The third kappa shape index (κ3) is 222. The van der Waals surface area contributed by atoms with Crippen LogP contribution in [0.5, 0.6) is 0 Å². The molecule has 0 saturated heterocycles. The summed E-state index contributed by atoms with van der Waals surface area (Å²) in [7, 11) is 0. The van der Waals surface area contributed by atoms with E-state index in [1.165, 1.54) is 0 Å². The van der Waals surface area contributed by atoms with Crippen LogP contribution in [0, 0.1) is 5.92 Å². The summed E-state index contributed by atoms with van der Waals surface area (Å²) in [6.45, 7) is 6.50. The maximum atomic E-state index is 2.17. The average Bonchev–Trinajstić information content (AvgIpc) is 0.811. The monoisotopic (exact) mass is 198 g/mol. The van der Waals surface area contributed by atoms with Crippen molar-refractivity contribution in [2.24, 2.45) is 5.92 Å². The molecule has 0 atom stereocenters. The van der Waals surface area contributed by atoms with E-state index in [-0.39, 0.29) is 48.2 Å². The minimum absolute atomic E-state index is 0. The van der Waals surface area contributed by atoms with Gasteiger partial charge in [-0.05, 0) is 16.9 Å². The Bertz CT molecular complexity index is 16.0. The van der Waals surface area contributed by atoms with E-state index in [0.717, 1.165) is 5.92 Å². The zero-order chi connectivity index (χ0) is 3.58. The lowest BCUT2D eigenvalue weighted by atomic mass is 10.3. The van der Waals surface area contributed by atoms with Crippen molar-refractivity contribution in [3.8, 4) is 0 Å². The maximum Gasteiger partial charge on any atom is -0.0149 e. The van der Waals surface area contributed by atoms with E-state index in [1.54, 1.807) is 0 Å². The highest BCUT2D eigenvalue weighted by Crippen LogP contribution is 1.81. The second-order valence-corrected chi connectivity index (χ2v) is 1.73. The lowest BCUT2D eigenvalue weighted by molar-refractivity contribution is 0.737. The van der Waals surface area contributed by atoms with Crippen LogP contribution in [0.1, 0.15) is 20.8 Å². The lowest BCUT2D eigenvalue weighted by Crippen LogP contribution is -1.66. The zero-order valence-corrected chi connectivity index (χ0v) is 7.25. The van der Waals surface area contributed by atoms with Crippen LogP contribution in [0.3, 0.4) is 0 Å². The Balaban J connectivity index is -0.00000000750. The van der Waals surface area contributed by atoms with Gasteiger partial charge < -0.3 is 0 Å². The predicted molar refractivity (Wildman–Crippen MR) is 53.6 cm³/mol. The Kier molecular flexibility index (Phi) is 108. The van der Waals surface area contributed by atoms with Crippen molar-refractivity contribution in [2.75, 3.05) is 0 Å². The number of hydrogen-bond donors (Lipinski definition) is 0. The number of rotatable bonds is 0. The summed E-state index contributed by atoms with van der Waals surface area (Å²) in [5.74, 6) is 0.833. The second-order valence-electron chi connectivity index (χ2n) is 1.73. The van der Waals surface area contributed by atoms with Gasteiger partial charge in [-0.3, -0.25) is 0 Å². The smallest absolute Gasteiger partial charge is 0.0149 e. The van der Waals surface area contributed by atoms with Crippen LogP contribution >= 0.6 is 37.2 Å². The first kappa shape index (κ1) is 35.6. The van der Waals surface area contributed by atoms with E-state index in [2.05, 4.69) is 20.8 Å². The van der Waals surface area contributed by atoms with Crippen molar-refractivity contribution in [3.63, 3.8) is 0 Å². The molecule has 8 heavy (non-hydrogen) atoms. The molecule has 58 valence electrons. The van der Waals surface area contributed by atoms with Crippen LogP contribution in [0.4, 0.5) is 0 Å². The van der Waals surface area contributed by atoms with Crippen LogP contribution in [0.15, 0.2) is 0 Å². The van der Waals surface area contributed by atoms with Crippen molar-refractivity contribution in [1.29, 1.82) is 0 Å². The Morgan fingerprint density at radius 2 is 0.750 bits per heavy atom. The van der Waals surface area contributed by atoms with Crippen molar-refractivity contribution in [2.45, 2.75) is 20.8 Å². The molecule has 0 aliphatic heterocycles. The minimum Gasteiger partial charge on any atom is -0.147 e. The molecule has 0 aromatic heterocycles. The van der Waals surface area contributed by atoms with E-state index >= 15 is 0 Å². The standard InChI is InChI=1S/C4H10.3ClH.H4Si/c1-4(2)3;;;;/h4H,1-3H3;3*1H;1H4. The summed E-state index contributed by atoms with van der Waals surface area (Å²) in [6.07, 6.45) is 0. The van der Waals surface area contributed by atoms with Crippen molar-refractivity contribution < 1.29 is 0 Å². The fourth-order valence-corrected chi connectivity index (χ4v) is 0. The van der Waals surface area contributed by atoms with E-state index in [4.69, 9.17) is 0 Å². The first-order chi connectivity index (χ1) is 1.73. The Morgan fingerprint density at radius 3 is 0.750 bits per heavy atom. The molecule has 0 aromatic carbocycles. The molecular weight excluding hydrogens is 182 g/mol. The van der Waals surface area contributed by atoms with E-state index in [0.29, 0.717) is 0 Å². The number of hydrogen-bond acceptors (Lipinski definition) is 0. The van der Waals surface area contributed by atoms with Crippen LogP contribution in [-0.4, -0.2) is 11.0 Å². The van der Waals surface area contributed by atoms with Crippen molar-refractivity contribution in [3.05, 3.63) is 0 Å². The highest BCUT2D eigenvalue weighted by Gasteiger charge is 1.68. The largest absolute Gasteiger partial charge is 0.147 e. The molecule has 0 heterocycles. The fourth-order valence-electron chi connectivity index (χ4n) is 0. The third-order valence-corrected chi connectivity index (χ3v) is 0. The first-order valence-electron chi connectivity index (χ1n) is 1.73. The summed E-state index contributed by atoms with van der Waals surface area (Å²) < 4.78 is 0. The Morgan fingerprint density at radius 1 is 0.750 bits per heavy atom. The second kappa shape index (κ2) is 24.3. The van der Waals surface area contributed by atoms with E-state index in [9.17, 15) is 0 Å². The van der Waals surface area contributed by atoms with Gasteiger partial charge in [0.15, 0.2) is 0 Å². The molecule has 0 N–H and O–H groups in total. The molecular formula is C4H17Cl3Si. The van der Waals surface area contributed by atoms with Gasteiger partial charge in [0, 0.05) is 0 Å². The van der Waals surface area contributed by atoms with Gasteiger partial charge in [0.05, 0.1) is 0 Å². The molecule has 0 aromatic rings. The lowest BCUT2D eigenvalue weighted by Gasteiger charge is -1.79. The molecule has 0 saturated carbocycles. The van der Waals surface area contributed by atoms with Gasteiger partial charge in [0.1, 0.15) is 0 Å². The van der Waals surface area contributed by atoms with Gasteiger partial charge >= 0.3 is 0 Å². The molecule has 0 radical (unpaired) electrons. The summed E-state index contributed by atoms with van der Waals surface area (Å²) in [5.41, 5.74) is 0. The van der Waals surface area contributed by atoms with Crippen LogP contribution in [-0.2, 0) is 0 Å². The van der Waals surface area contributed by atoms with E-state index < -0.39 is 0 Å². The highest BCUT2D eigenvalue weighted by atomic mass is 35.5. The Hall–Kier alpha value is 1.09. The molecule has 4 heteroatoms. The summed E-state index contributed by atoms with van der Waals surface area (Å²) in [4.78, 5) is 0. The molecule has 0 bridgehead atoms. The summed E-state index contributed by atoms with van der Waals surface area (Å²) >= 11 is 0. The van der Waals surface area contributed by atoms with Gasteiger partial charge in [0.2, 0.25) is 0 Å². The molecule has 0 unspecified atom stereocenters. The fraction of sp³-hybridized carbons (Fsp3) is 1.00. The first-order valence-corrected chi connectivity index (χ1v) is 1.73. The normalized spacial score (nSPS) is 4.50. The van der Waals surface area contributed by atoms with Gasteiger partial charge in [-0.25, -0.2) is 0 Å². The summed E-state index contributed by atoms with van der Waals surface area (Å²) in [5, 5.41) is 0. The predicted octanol–water partition coefficient (Wildman–Crippen LogP) is 1.48. The quantitative estimate of drug-likeness (QED) is 0.519. The minimum atomic E-state index is 0. The topological polar surface area (TPSA) is 0 Å². The highest BCUT2D eigenvalue weighted by molar-refractivity contribution is 5.86. The zero-order valence-electron chi connectivity index (χ0n) is 4.80. The third-order valence-electron chi connectivity index (χ3n) is 0. The van der Waals surface area contributed by atoms with E-state index in [1.807, 2.05) is 0 Å². The van der Waals surface area contributed by atoms with Gasteiger partial charge in [-0.1, -0.05) is 20.8 Å². The molecule has 0 aliphatic carbocycles. The van der Waals surface area contributed by atoms with Crippen LogP contribution in [0.2, 0.25) is 0 Å². The Labute approximate surface area is 75.1 Å². The maximum absolute atomic E-state index is 2.17. The average molecular weight is 200 g/mol. The molecule has 0 aliphatic rings. The molecule has 0 nitrogen and oxygen atoms in total. The van der Waals surface area contributed by atoms with Gasteiger partial charge in [-0.15, -0.1) is 37.2 Å². The van der Waals surface area contributed by atoms with Gasteiger partial charge in [-0.2, -0.15) is 0 Å². The van der Waals surface area contributed by atoms with Crippen LogP contribution in [0.25, 0.3) is 0 Å². The molecule has 0 fully saturated rings. The molecule has 0 amide bonds. The SMILES string of the molecule is CC(C)C.Cl.Cl.Cl.[SiH4].